The number of amides is 1. The number of likely N-dealkylation sites (tertiary alicyclic amines) is 1. The molecule has 0 radical (unpaired) electrons. The Balaban J connectivity index is 1.78. The van der Waals surface area contributed by atoms with Gasteiger partial charge in [-0.05, 0) is 24.5 Å². The Labute approximate surface area is 138 Å². The molecule has 0 unspecified atom stereocenters. The molecule has 2 aromatic rings. The second-order valence-electron chi connectivity index (χ2n) is 5.78. The van der Waals surface area contributed by atoms with Crippen molar-refractivity contribution in [3.63, 3.8) is 0 Å². The minimum atomic E-state index is -0.925. The number of nitrogens with zero attached hydrogens (tertiary/aromatic N) is 1. The van der Waals surface area contributed by atoms with Crippen LogP contribution >= 0.6 is 11.6 Å². The zero-order valence-corrected chi connectivity index (χ0v) is 13.2. The van der Waals surface area contributed by atoms with Crippen LogP contribution in [0, 0.1) is 0 Å². The Bertz CT molecular complexity index is 718. The number of rotatable bonds is 3. The molecule has 0 atom stereocenters. The van der Waals surface area contributed by atoms with Crippen LogP contribution in [0.2, 0.25) is 5.02 Å². The number of halogens is 1. The molecule has 2 heterocycles. The van der Waals surface area contributed by atoms with Crippen molar-refractivity contribution in [1.29, 1.82) is 0 Å². The lowest BCUT2D eigenvalue weighted by Crippen LogP contribution is -2.49. The lowest BCUT2D eigenvalue weighted by Gasteiger charge is -2.39. The molecule has 0 saturated carbocycles. The van der Waals surface area contributed by atoms with E-state index < -0.39 is 11.4 Å². The van der Waals surface area contributed by atoms with E-state index in [0.29, 0.717) is 36.6 Å². The Morgan fingerprint density at radius 3 is 2.35 bits per heavy atom. The molecule has 6 heteroatoms. The molecule has 1 amide bonds. The standard InChI is InChI=1S/C17H17ClN2O3/c18-13-10-14(19-11-13)15(21)20-8-6-17(7-9-20,16(22)23)12-4-2-1-3-5-12/h1-5,10-11,19H,6-9H2,(H,22,23). The van der Waals surface area contributed by atoms with Crippen molar-refractivity contribution in [2.24, 2.45) is 0 Å². The molecule has 0 aliphatic carbocycles. The van der Waals surface area contributed by atoms with Crippen LogP contribution in [0.15, 0.2) is 42.6 Å². The summed E-state index contributed by atoms with van der Waals surface area (Å²) in [5, 5.41) is 10.2. The molecule has 0 bridgehead atoms. The van der Waals surface area contributed by atoms with Crippen LogP contribution in [0.4, 0.5) is 0 Å². The van der Waals surface area contributed by atoms with E-state index in [4.69, 9.17) is 11.6 Å². The van der Waals surface area contributed by atoms with Crippen molar-refractivity contribution in [2.75, 3.05) is 13.1 Å². The number of nitrogens with one attached hydrogen (secondary N) is 1. The maximum absolute atomic E-state index is 12.4. The fourth-order valence-corrected chi connectivity index (χ4v) is 3.30. The van der Waals surface area contributed by atoms with Gasteiger partial charge in [-0.25, -0.2) is 0 Å². The van der Waals surface area contributed by atoms with Gasteiger partial charge in [-0.2, -0.15) is 0 Å². The summed E-state index contributed by atoms with van der Waals surface area (Å²) in [5.74, 6) is -0.984. The SMILES string of the molecule is O=C(c1cc(Cl)c[nH]1)N1CCC(C(=O)O)(c2ccccc2)CC1. The van der Waals surface area contributed by atoms with Crippen LogP contribution in [0.5, 0.6) is 0 Å². The van der Waals surface area contributed by atoms with E-state index in [1.807, 2.05) is 30.3 Å². The van der Waals surface area contributed by atoms with Crippen LogP contribution in [0.3, 0.4) is 0 Å². The van der Waals surface area contributed by atoms with Gasteiger partial charge in [0.25, 0.3) is 5.91 Å². The first-order chi connectivity index (χ1) is 11.0. The molecule has 2 N–H and O–H groups in total. The van der Waals surface area contributed by atoms with Crippen LogP contribution in [0.25, 0.3) is 0 Å². The second-order valence-corrected chi connectivity index (χ2v) is 6.21. The van der Waals surface area contributed by atoms with Gasteiger partial charge in [0.1, 0.15) is 5.69 Å². The number of benzene rings is 1. The average Bonchev–Trinajstić information content (AvgIpc) is 3.01. The van der Waals surface area contributed by atoms with Gasteiger partial charge in [-0.1, -0.05) is 41.9 Å². The highest BCUT2D eigenvalue weighted by Gasteiger charge is 2.43. The number of carbonyl (C=O) groups is 2. The number of carboxylic acids is 1. The van der Waals surface area contributed by atoms with Gasteiger partial charge >= 0.3 is 5.97 Å². The number of carboxylic acid groups (broad SMARTS) is 1. The number of aromatic nitrogens is 1. The van der Waals surface area contributed by atoms with E-state index in [2.05, 4.69) is 4.98 Å². The summed E-state index contributed by atoms with van der Waals surface area (Å²) in [4.78, 5) is 28.8. The fourth-order valence-electron chi connectivity index (χ4n) is 3.14. The molecule has 1 aromatic carbocycles. The molecule has 0 spiro atoms. The number of aromatic amines is 1. The van der Waals surface area contributed by atoms with Gasteiger partial charge in [-0.3, -0.25) is 9.59 Å². The van der Waals surface area contributed by atoms with Crippen molar-refractivity contribution < 1.29 is 14.7 Å². The Morgan fingerprint density at radius 2 is 1.83 bits per heavy atom. The highest BCUT2D eigenvalue weighted by atomic mass is 35.5. The molecule has 1 fully saturated rings. The van der Waals surface area contributed by atoms with Crippen molar-refractivity contribution in [3.8, 4) is 0 Å². The van der Waals surface area contributed by atoms with E-state index in [1.54, 1.807) is 17.2 Å². The van der Waals surface area contributed by atoms with Gasteiger partial charge in [0, 0.05) is 19.3 Å². The summed E-state index contributed by atoms with van der Waals surface area (Å²) < 4.78 is 0. The Kier molecular flexibility index (Phi) is 4.13. The van der Waals surface area contributed by atoms with Gasteiger partial charge < -0.3 is 15.0 Å². The first kappa shape index (κ1) is 15.6. The molecular weight excluding hydrogens is 316 g/mol. The lowest BCUT2D eigenvalue weighted by molar-refractivity contribution is -0.145. The first-order valence-corrected chi connectivity index (χ1v) is 7.83. The van der Waals surface area contributed by atoms with E-state index in [0.717, 1.165) is 5.56 Å². The summed E-state index contributed by atoms with van der Waals surface area (Å²) in [6.07, 6.45) is 2.35. The maximum atomic E-state index is 12.4. The Morgan fingerprint density at radius 1 is 1.17 bits per heavy atom. The zero-order valence-electron chi connectivity index (χ0n) is 12.5. The molecular formula is C17H17ClN2O3. The summed E-state index contributed by atoms with van der Waals surface area (Å²) in [6, 6.07) is 10.8. The number of hydrogen-bond donors (Lipinski definition) is 2. The normalized spacial score (nSPS) is 17.0. The highest BCUT2D eigenvalue weighted by molar-refractivity contribution is 6.30. The van der Waals surface area contributed by atoms with Gasteiger partial charge in [0.2, 0.25) is 0 Å². The average molecular weight is 333 g/mol. The smallest absolute Gasteiger partial charge is 0.314 e. The maximum Gasteiger partial charge on any atom is 0.314 e. The monoisotopic (exact) mass is 332 g/mol. The van der Waals surface area contributed by atoms with E-state index in [9.17, 15) is 14.7 Å². The van der Waals surface area contributed by atoms with Crippen molar-refractivity contribution in [3.05, 3.63) is 58.9 Å². The summed E-state index contributed by atoms with van der Waals surface area (Å²) in [6.45, 7) is 0.799. The predicted molar refractivity (Wildman–Crippen MR) is 86.7 cm³/mol. The third-order valence-electron chi connectivity index (χ3n) is 4.52. The van der Waals surface area contributed by atoms with Gasteiger partial charge in [-0.15, -0.1) is 0 Å². The molecule has 3 rings (SSSR count). The quantitative estimate of drug-likeness (QED) is 0.907. The predicted octanol–water partition coefficient (Wildman–Crippen LogP) is 2.93. The van der Waals surface area contributed by atoms with Crippen LogP contribution in [0.1, 0.15) is 28.9 Å². The molecule has 1 saturated heterocycles. The van der Waals surface area contributed by atoms with Crippen molar-refractivity contribution in [1.82, 2.24) is 9.88 Å². The zero-order chi connectivity index (χ0) is 16.4. The Hall–Kier alpha value is -2.27. The van der Waals surface area contributed by atoms with Crippen molar-refractivity contribution >= 4 is 23.5 Å². The fraction of sp³-hybridized carbons (Fsp3) is 0.294. The lowest BCUT2D eigenvalue weighted by atomic mass is 9.73. The van der Waals surface area contributed by atoms with E-state index in [-0.39, 0.29) is 5.91 Å². The first-order valence-electron chi connectivity index (χ1n) is 7.45. The van der Waals surface area contributed by atoms with Crippen molar-refractivity contribution in [2.45, 2.75) is 18.3 Å². The summed E-state index contributed by atoms with van der Waals surface area (Å²) >= 11 is 5.83. The number of H-pyrrole nitrogens is 1. The second kappa shape index (κ2) is 6.08. The molecule has 1 aromatic heterocycles. The van der Waals surface area contributed by atoms with Crippen LogP contribution in [-0.2, 0) is 10.2 Å². The number of carbonyl (C=O) groups excluding carboxylic acids is 1. The molecule has 5 nitrogen and oxygen atoms in total. The molecule has 23 heavy (non-hydrogen) atoms. The minimum Gasteiger partial charge on any atom is -0.481 e. The van der Waals surface area contributed by atoms with Crippen LogP contribution < -0.4 is 0 Å². The van der Waals surface area contributed by atoms with Gasteiger partial charge in [0.05, 0.1) is 10.4 Å². The summed E-state index contributed by atoms with van der Waals surface area (Å²) in [7, 11) is 0. The third kappa shape index (κ3) is 2.84. The largest absolute Gasteiger partial charge is 0.481 e. The number of aliphatic carboxylic acids is 1. The summed E-state index contributed by atoms with van der Waals surface area (Å²) in [5.41, 5.74) is 0.297. The molecule has 120 valence electrons. The van der Waals surface area contributed by atoms with Gasteiger partial charge in [0.15, 0.2) is 0 Å². The molecule has 1 aliphatic rings. The van der Waals surface area contributed by atoms with E-state index >= 15 is 0 Å². The number of piperidine rings is 1. The minimum absolute atomic E-state index is 0.149. The highest BCUT2D eigenvalue weighted by Crippen LogP contribution is 2.36. The topological polar surface area (TPSA) is 73.4 Å². The molecule has 1 aliphatic heterocycles. The number of hydrogen-bond acceptors (Lipinski definition) is 2. The van der Waals surface area contributed by atoms with Crippen LogP contribution in [-0.4, -0.2) is 40.0 Å². The van der Waals surface area contributed by atoms with E-state index in [1.165, 1.54) is 0 Å². The third-order valence-corrected chi connectivity index (χ3v) is 4.74.